The Labute approximate surface area is 205 Å². The molecule has 5 heteroatoms. The summed E-state index contributed by atoms with van der Waals surface area (Å²) in [6.07, 6.45) is 0. The minimum Gasteiger partial charge on any atom is -0.507 e. The lowest BCUT2D eigenvalue weighted by molar-refractivity contribution is 0.103. The number of hydrogen-bond donors (Lipinski definition) is 2. The van der Waals surface area contributed by atoms with Gasteiger partial charge in [-0.25, -0.2) is 0 Å². The van der Waals surface area contributed by atoms with Crippen LogP contribution in [0.3, 0.4) is 0 Å². The Hall–Kier alpha value is -4.90. The second kappa shape index (κ2) is 8.10. The summed E-state index contributed by atoms with van der Waals surface area (Å²) in [5.41, 5.74) is 3.03. The molecule has 1 aromatic heterocycles. The zero-order valence-corrected chi connectivity index (χ0v) is 19.3. The van der Waals surface area contributed by atoms with Crippen LogP contribution in [0.1, 0.15) is 21.5 Å². The van der Waals surface area contributed by atoms with Crippen LogP contribution in [-0.2, 0) is 0 Å². The summed E-state index contributed by atoms with van der Waals surface area (Å²) in [5.74, 6) is -0.610. The Morgan fingerprint density at radius 3 is 2.28 bits per heavy atom. The molecule has 6 aromatic rings. The monoisotopic (exact) mass is 472 g/mol. The zero-order valence-electron chi connectivity index (χ0n) is 19.3. The maximum atomic E-state index is 13.7. The van der Waals surface area contributed by atoms with E-state index in [0.717, 1.165) is 5.56 Å². The Bertz CT molecular complexity index is 1900. The number of phenolic OH excluding ortho intramolecular Hbond substituents is 2. The number of rotatable bonds is 3. The maximum absolute atomic E-state index is 13.7. The molecular formula is C31H20O5. The van der Waals surface area contributed by atoms with Crippen molar-refractivity contribution in [3.63, 3.8) is 0 Å². The summed E-state index contributed by atoms with van der Waals surface area (Å²) in [5, 5.41) is 23.3. The molecule has 0 amide bonds. The predicted molar refractivity (Wildman–Crippen MR) is 141 cm³/mol. The van der Waals surface area contributed by atoms with Gasteiger partial charge in [0.1, 0.15) is 17.1 Å². The molecule has 0 aliphatic heterocycles. The van der Waals surface area contributed by atoms with Gasteiger partial charge in [-0.05, 0) is 42.8 Å². The Morgan fingerprint density at radius 1 is 0.778 bits per heavy atom. The molecule has 6 rings (SSSR count). The van der Waals surface area contributed by atoms with E-state index in [0.29, 0.717) is 38.3 Å². The number of carbonyl (C=O) groups excluding carboxylic acids is 1. The standard InChI is InChI=1S/C31H20O5/c1-17-10-12-18(13-11-17)26-30(35)23-16-19(28(33)21-6-2-4-8-24(21)32)14-15-20(23)27-29(34)22-7-3-5-9-25(22)36-31(26)27/h2-16,32,35H,1H3. The Kier molecular flexibility index (Phi) is 4.86. The number of benzene rings is 5. The van der Waals surface area contributed by atoms with E-state index < -0.39 is 5.78 Å². The summed E-state index contributed by atoms with van der Waals surface area (Å²) < 4.78 is 6.23. The highest BCUT2D eigenvalue weighted by Crippen LogP contribution is 2.43. The number of phenols is 2. The van der Waals surface area contributed by atoms with E-state index >= 15 is 0 Å². The molecule has 2 N–H and O–H groups in total. The highest BCUT2D eigenvalue weighted by molar-refractivity contribution is 6.19. The lowest BCUT2D eigenvalue weighted by Gasteiger charge is -2.15. The second-order valence-electron chi connectivity index (χ2n) is 8.83. The number of ketones is 1. The van der Waals surface area contributed by atoms with Gasteiger partial charge in [0, 0.05) is 16.3 Å². The lowest BCUT2D eigenvalue weighted by Crippen LogP contribution is -2.05. The van der Waals surface area contributed by atoms with Gasteiger partial charge in [-0.1, -0.05) is 66.2 Å². The van der Waals surface area contributed by atoms with Gasteiger partial charge in [-0.15, -0.1) is 0 Å². The van der Waals surface area contributed by atoms with Crippen molar-refractivity contribution in [1.82, 2.24) is 0 Å². The zero-order chi connectivity index (χ0) is 25.0. The quantitative estimate of drug-likeness (QED) is 0.170. The summed E-state index contributed by atoms with van der Waals surface area (Å²) in [6, 6.07) is 25.7. The van der Waals surface area contributed by atoms with Crippen LogP contribution in [0, 0.1) is 6.92 Å². The number of aryl methyl sites for hydroxylation is 1. The van der Waals surface area contributed by atoms with E-state index in [4.69, 9.17) is 4.42 Å². The molecule has 0 atom stereocenters. The maximum Gasteiger partial charge on any atom is 0.201 e. The Balaban J connectivity index is 1.74. The van der Waals surface area contributed by atoms with Crippen LogP contribution in [0.5, 0.6) is 11.5 Å². The minimum atomic E-state index is -0.392. The SMILES string of the molecule is Cc1ccc(-c2c(O)c3cc(C(=O)c4ccccc4O)ccc3c3c(=O)c4ccccc4oc23)cc1. The fourth-order valence-corrected chi connectivity index (χ4v) is 4.71. The van der Waals surface area contributed by atoms with Crippen LogP contribution < -0.4 is 5.43 Å². The van der Waals surface area contributed by atoms with Crippen molar-refractivity contribution < 1.29 is 19.4 Å². The van der Waals surface area contributed by atoms with Gasteiger partial charge in [0.25, 0.3) is 0 Å². The molecule has 0 fully saturated rings. The van der Waals surface area contributed by atoms with E-state index in [1.165, 1.54) is 6.07 Å². The topological polar surface area (TPSA) is 87.7 Å². The second-order valence-corrected chi connectivity index (χ2v) is 8.83. The van der Waals surface area contributed by atoms with E-state index in [1.54, 1.807) is 60.7 Å². The van der Waals surface area contributed by atoms with Gasteiger partial charge in [0.05, 0.1) is 21.9 Å². The van der Waals surface area contributed by atoms with Gasteiger partial charge < -0.3 is 14.6 Å². The molecule has 0 spiro atoms. The van der Waals surface area contributed by atoms with Crippen LogP contribution >= 0.6 is 0 Å². The van der Waals surface area contributed by atoms with Gasteiger partial charge in [-0.2, -0.15) is 0 Å². The third-order valence-corrected chi connectivity index (χ3v) is 6.56. The Morgan fingerprint density at radius 2 is 1.50 bits per heavy atom. The summed E-state index contributed by atoms with van der Waals surface area (Å²) in [4.78, 5) is 26.9. The fourth-order valence-electron chi connectivity index (χ4n) is 4.71. The molecule has 0 radical (unpaired) electrons. The molecule has 36 heavy (non-hydrogen) atoms. The van der Waals surface area contributed by atoms with Crippen LogP contribution in [-0.4, -0.2) is 16.0 Å². The van der Waals surface area contributed by atoms with Crippen molar-refractivity contribution in [2.24, 2.45) is 0 Å². The van der Waals surface area contributed by atoms with Gasteiger partial charge >= 0.3 is 0 Å². The van der Waals surface area contributed by atoms with E-state index in [9.17, 15) is 19.8 Å². The lowest BCUT2D eigenvalue weighted by atomic mass is 9.92. The summed E-state index contributed by atoms with van der Waals surface area (Å²) in [7, 11) is 0. The van der Waals surface area contributed by atoms with Crippen molar-refractivity contribution in [3.8, 4) is 22.6 Å². The molecule has 1 heterocycles. The highest BCUT2D eigenvalue weighted by Gasteiger charge is 2.23. The van der Waals surface area contributed by atoms with Gasteiger partial charge in [0.15, 0.2) is 11.4 Å². The van der Waals surface area contributed by atoms with Crippen molar-refractivity contribution >= 4 is 38.5 Å². The molecule has 0 bridgehead atoms. The number of aromatic hydroxyl groups is 2. The van der Waals surface area contributed by atoms with E-state index in [-0.39, 0.29) is 33.6 Å². The summed E-state index contributed by atoms with van der Waals surface area (Å²) >= 11 is 0. The first-order valence-corrected chi connectivity index (χ1v) is 11.5. The highest BCUT2D eigenvalue weighted by atomic mass is 16.3. The molecular weight excluding hydrogens is 452 g/mol. The van der Waals surface area contributed by atoms with Crippen molar-refractivity contribution in [2.75, 3.05) is 0 Å². The van der Waals surface area contributed by atoms with Crippen LogP contribution in [0.4, 0.5) is 0 Å². The normalized spacial score (nSPS) is 11.4. The molecule has 5 aromatic carbocycles. The number of fused-ring (bicyclic) bond motifs is 4. The third-order valence-electron chi connectivity index (χ3n) is 6.56. The molecule has 0 aliphatic carbocycles. The fraction of sp³-hybridized carbons (Fsp3) is 0.0323. The third kappa shape index (κ3) is 3.25. The van der Waals surface area contributed by atoms with E-state index in [1.807, 2.05) is 31.2 Å². The molecule has 0 saturated carbocycles. The number of hydrogen-bond acceptors (Lipinski definition) is 5. The van der Waals surface area contributed by atoms with E-state index in [2.05, 4.69) is 0 Å². The molecule has 5 nitrogen and oxygen atoms in total. The first-order chi connectivity index (χ1) is 17.4. The number of para-hydroxylation sites is 2. The molecule has 0 aliphatic rings. The molecule has 174 valence electrons. The minimum absolute atomic E-state index is 0.0910. The smallest absolute Gasteiger partial charge is 0.201 e. The van der Waals surface area contributed by atoms with Crippen LogP contribution in [0.2, 0.25) is 0 Å². The van der Waals surface area contributed by atoms with Crippen molar-refractivity contribution in [2.45, 2.75) is 6.92 Å². The van der Waals surface area contributed by atoms with Crippen LogP contribution in [0.25, 0.3) is 43.8 Å². The number of carbonyl (C=O) groups is 1. The van der Waals surface area contributed by atoms with Gasteiger partial charge in [0.2, 0.25) is 5.43 Å². The first kappa shape index (κ1) is 21.6. The first-order valence-electron chi connectivity index (χ1n) is 11.5. The van der Waals surface area contributed by atoms with Crippen molar-refractivity contribution in [1.29, 1.82) is 0 Å². The largest absolute Gasteiger partial charge is 0.507 e. The molecule has 0 unspecified atom stereocenters. The van der Waals surface area contributed by atoms with Gasteiger partial charge in [-0.3, -0.25) is 9.59 Å². The average Bonchev–Trinajstić information content (AvgIpc) is 2.89. The van der Waals surface area contributed by atoms with Crippen LogP contribution in [0.15, 0.2) is 100 Å². The predicted octanol–water partition coefficient (Wildman–Crippen LogP) is 6.72. The summed E-state index contributed by atoms with van der Waals surface area (Å²) in [6.45, 7) is 1.96. The average molecular weight is 472 g/mol. The van der Waals surface area contributed by atoms with Crippen molar-refractivity contribution in [3.05, 3.63) is 118 Å². The molecule has 0 saturated heterocycles.